The number of halogens is 1. The molecule has 5 heteroatoms. The summed E-state index contributed by atoms with van der Waals surface area (Å²) in [5.74, 6) is 2.01. The molecule has 0 aliphatic heterocycles. The number of amides is 1. The normalized spacial score (nSPS) is 10.3. The zero-order valence-corrected chi connectivity index (χ0v) is 13.9. The Morgan fingerprint density at radius 3 is 2.73 bits per heavy atom. The van der Waals surface area contributed by atoms with Crippen LogP contribution >= 0.6 is 23.4 Å². The Hall–Kier alpha value is -1.65. The number of rotatable bonds is 7. The van der Waals surface area contributed by atoms with E-state index in [0.29, 0.717) is 17.4 Å². The Kier molecular flexibility index (Phi) is 6.62. The fourth-order valence-corrected chi connectivity index (χ4v) is 2.55. The monoisotopic (exact) mass is 335 g/mol. The Balaban J connectivity index is 1.62. The van der Waals surface area contributed by atoms with Crippen LogP contribution in [0.4, 0.5) is 5.69 Å². The van der Waals surface area contributed by atoms with Crippen LogP contribution in [0, 0.1) is 6.92 Å². The van der Waals surface area contributed by atoms with Crippen LogP contribution in [0.15, 0.2) is 48.5 Å². The van der Waals surface area contributed by atoms with Gasteiger partial charge in [-0.3, -0.25) is 4.79 Å². The highest BCUT2D eigenvalue weighted by atomic mass is 35.5. The van der Waals surface area contributed by atoms with Crippen LogP contribution in [-0.2, 0) is 4.79 Å². The van der Waals surface area contributed by atoms with E-state index in [1.54, 1.807) is 36.0 Å². The van der Waals surface area contributed by atoms with Gasteiger partial charge in [0.1, 0.15) is 5.75 Å². The lowest BCUT2D eigenvalue weighted by atomic mass is 10.2. The molecule has 0 saturated heterocycles. The van der Waals surface area contributed by atoms with Crippen molar-refractivity contribution in [3.05, 3.63) is 59.1 Å². The molecule has 116 valence electrons. The van der Waals surface area contributed by atoms with E-state index in [0.717, 1.165) is 17.2 Å². The van der Waals surface area contributed by atoms with Gasteiger partial charge >= 0.3 is 0 Å². The number of benzene rings is 2. The van der Waals surface area contributed by atoms with Gasteiger partial charge in [0.05, 0.1) is 12.4 Å². The number of ether oxygens (including phenoxy) is 1. The Morgan fingerprint density at radius 1 is 1.23 bits per heavy atom. The summed E-state index contributed by atoms with van der Waals surface area (Å²) in [6.45, 7) is 2.62. The number of aryl methyl sites for hydroxylation is 1. The molecule has 2 rings (SSSR count). The van der Waals surface area contributed by atoms with E-state index in [-0.39, 0.29) is 5.91 Å². The van der Waals surface area contributed by atoms with Crippen molar-refractivity contribution in [3.8, 4) is 5.75 Å². The number of hydrogen-bond acceptors (Lipinski definition) is 3. The molecule has 3 nitrogen and oxygen atoms in total. The number of thioether (sulfide) groups is 1. The molecule has 0 unspecified atom stereocenters. The van der Waals surface area contributed by atoms with Gasteiger partial charge in [-0.1, -0.05) is 23.7 Å². The molecular formula is C17H18ClNO2S. The van der Waals surface area contributed by atoms with Crippen LogP contribution in [0.3, 0.4) is 0 Å². The van der Waals surface area contributed by atoms with Crippen molar-refractivity contribution in [2.75, 3.05) is 23.4 Å². The first-order valence-corrected chi connectivity index (χ1v) is 8.49. The van der Waals surface area contributed by atoms with Crippen LogP contribution in [0.25, 0.3) is 0 Å². The molecular weight excluding hydrogens is 318 g/mol. The Bertz CT molecular complexity index is 616. The molecule has 0 spiro atoms. The van der Waals surface area contributed by atoms with E-state index in [1.807, 2.05) is 31.2 Å². The maximum Gasteiger partial charge on any atom is 0.234 e. The minimum Gasteiger partial charge on any atom is -0.493 e. The molecule has 0 saturated carbocycles. The number of carbonyl (C=O) groups excluding carboxylic acids is 1. The van der Waals surface area contributed by atoms with Crippen molar-refractivity contribution in [3.63, 3.8) is 0 Å². The summed E-state index contributed by atoms with van der Waals surface area (Å²) < 4.78 is 5.63. The zero-order chi connectivity index (χ0) is 15.8. The Morgan fingerprint density at radius 2 is 2.00 bits per heavy atom. The molecule has 1 amide bonds. The van der Waals surface area contributed by atoms with E-state index in [2.05, 4.69) is 5.32 Å². The summed E-state index contributed by atoms with van der Waals surface area (Å²) in [6, 6.07) is 15.0. The van der Waals surface area contributed by atoms with Crippen LogP contribution < -0.4 is 10.1 Å². The smallest absolute Gasteiger partial charge is 0.234 e. The van der Waals surface area contributed by atoms with Crippen LogP contribution in [0.5, 0.6) is 5.75 Å². The quantitative estimate of drug-likeness (QED) is 0.762. The highest BCUT2D eigenvalue weighted by molar-refractivity contribution is 7.99. The van der Waals surface area contributed by atoms with E-state index in [1.165, 1.54) is 5.56 Å². The van der Waals surface area contributed by atoms with Gasteiger partial charge < -0.3 is 10.1 Å². The highest BCUT2D eigenvalue weighted by Crippen LogP contribution is 2.15. The first-order chi connectivity index (χ1) is 10.6. The highest BCUT2D eigenvalue weighted by Gasteiger charge is 2.03. The summed E-state index contributed by atoms with van der Waals surface area (Å²) in [5, 5.41) is 3.48. The van der Waals surface area contributed by atoms with Gasteiger partial charge in [-0.15, -0.1) is 11.8 Å². The largest absolute Gasteiger partial charge is 0.493 e. The maximum absolute atomic E-state index is 11.8. The lowest BCUT2D eigenvalue weighted by Gasteiger charge is -2.07. The van der Waals surface area contributed by atoms with Gasteiger partial charge in [-0.25, -0.2) is 0 Å². The van der Waals surface area contributed by atoms with Crippen molar-refractivity contribution < 1.29 is 9.53 Å². The van der Waals surface area contributed by atoms with Crippen molar-refractivity contribution in [1.82, 2.24) is 0 Å². The van der Waals surface area contributed by atoms with Crippen LogP contribution in [-0.4, -0.2) is 24.0 Å². The van der Waals surface area contributed by atoms with Crippen molar-refractivity contribution in [1.29, 1.82) is 0 Å². The lowest BCUT2D eigenvalue weighted by Crippen LogP contribution is -2.15. The molecule has 2 aromatic carbocycles. The van der Waals surface area contributed by atoms with Gasteiger partial charge in [0.15, 0.2) is 0 Å². The maximum atomic E-state index is 11.8. The molecule has 22 heavy (non-hydrogen) atoms. The number of hydrogen-bond donors (Lipinski definition) is 1. The average Bonchev–Trinajstić information content (AvgIpc) is 2.49. The summed E-state index contributed by atoms with van der Waals surface area (Å²) in [7, 11) is 0. The molecule has 1 N–H and O–H groups in total. The molecule has 0 atom stereocenters. The van der Waals surface area contributed by atoms with Crippen molar-refractivity contribution in [2.45, 2.75) is 6.92 Å². The van der Waals surface area contributed by atoms with Gasteiger partial charge in [-0.2, -0.15) is 0 Å². The molecule has 0 bridgehead atoms. The topological polar surface area (TPSA) is 38.3 Å². The standard InChI is InChI=1S/C17H18ClNO2S/c1-13-3-2-4-16(11-13)21-9-10-22-12-17(20)19-15-7-5-14(18)6-8-15/h2-8,11H,9-10,12H2,1H3,(H,19,20). The third-order valence-corrected chi connectivity index (χ3v) is 4.02. The van der Waals surface area contributed by atoms with E-state index >= 15 is 0 Å². The summed E-state index contributed by atoms with van der Waals surface area (Å²) in [6.07, 6.45) is 0. The predicted molar refractivity (Wildman–Crippen MR) is 94.1 cm³/mol. The molecule has 0 aromatic heterocycles. The second-order valence-electron chi connectivity index (χ2n) is 4.77. The fourth-order valence-electron chi connectivity index (χ4n) is 1.82. The zero-order valence-electron chi connectivity index (χ0n) is 12.3. The summed E-state index contributed by atoms with van der Waals surface area (Å²) >= 11 is 7.34. The minimum absolute atomic E-state index is 0.0251. The van der Waals surface area contributed by atoms with Crippen molar-refractivity contribution in [2.24, 2.45) is 0 Å². The summed E-state index contributed by atoms with van der Waals surface area (Å²) in [4.78, 5) is 11.8. The molecule has 0 radical (unpaired) electrons. The van der Waals surface area contributed by atoms with Crippen molar-refractivity contribution >= 4 is 35.0 Å². The van der Waals surface area contributed by atoms with Gasteiger partial charge in [0.2, 0.25) is 5.91 Å². The number of anilines is 1. The molecule has 2 aromatic rings. The predicted octanol–water partition coefficient (Wildman–Crippen LogP) is 4.40. The minimum atomic E-state index is -0.0251. The van der Waals surface area contributed by atoms with Gasteiger partial charge in [0.25, 0.3) is 0 Å². The second-order valence-corrected chi connectivity index (χ2v) is 6.31. The summed E-state index contributed by atoms with van der Waals surface area (Å²) in [5.41, 5.74) is 1.93. The van der Waals surface area contributed by atoms with E-state index < -0.39 is 0 Å². The second kappa shape index (κ2) is 8.71. The average molecular weight is 336 g/mol. The third-order valence-electron chi connectivity index (χ3n) is 2.85. The first-order valence-electron chi connectivity index (χ1n) is 6.96. The Labute approximate surface area is 140 Å². The van der Waals surface area contributed by atoms with E-state index in [4.69, 9.17) is 16.3 Å². The molecule has 0 heterocycles. The van der Waals surface area contributed by atoms with Crippen LogP contribution in [0.2, 0.25) is 5.02 Å². The molecule has 0 aliphatic carbocycles. The van der Waals surface area contributed by atoms with Gasteiger partial charge in [0, 0.05) is 16.5 Å². The number of nitrogens with one attached hydrogen (secondary N) is 1. The number of carbonyl (C=O) groups is 1. The molecule has 0 aliphatic rings. The molecule has 0 fully saturated rings. The first kappa shape index (κ1) is 16.7. The van der Waals surface area contributed by atoms with E-state index in [9.17, 15) is 4.79 Å². The third kappa shape index (κ3) is 6.00. The lowest BCUT2D eigenvalue weighted by molar-refractivity contribution is -0.113. The fraction of sp³-hybridized carbons (Fsp3) is 0.235. The SMILES string of the molecule is Cc1cccc(OCCSCC(=O)Nc2ccc(Cl)cc2)c1. The van der Waals surface area contributed by atoms with Gasteiger partial charge in [-0.05, 0) is 48.9 Å². The van der Waals surface area contributed by atoms with Crippen LogP contribution in [0.1, 0.15) is 5.56 Å².